The number of nitrogens with one attached hydrogen (secondary N) is 3. The molecule has 2 rings (SSSR count). The van der Waals surface area contributed by atoms with Gasteiger partial charge in [0.2, 0.25) is 0 Å². The number of carbonyl (C=O) groups is 3. The van der Waals surface area contributed by atoms with Gasteiger partial charge in [0.05, 0.1) is 11.8 Å². The van der Waals surface area contributed by atoms with Crippen molar-refractivity contribution < 1.29 is 18.8 Å². The lowest BCUT2D eigenvalue weighted by molar-refractivity contribution is -0.123. The Balaban J connectivity index is 1.99. The highest BCUT2D eigenvalue weighted by Gasteiger charge is 2.22. The summed E-state index contributed by atoms with van der Waals surface area (Å²) in [5.41, 5.74) is 5.01. The van der Waals surface area contributed by atoms with Crippen LogP contribution in [0.3, 0.4) is 0 Å². The highest BCUT2D eigenvalue weighted by Crippen LogP contribution is 2.16. The molecule has 3 amide bonds. The van der Waals surface area contributed by atoms with Gasteiger partial charge < -0.3 is 9.73 Å². The average Bonchev–Trinajstić information content (AvgIpc) is 3.17. The van der Waals surface area contributed by atoms with Gasteiger partial charge in [0.15, 0.2) is 5.76 Å². The van der Waals surface area contributed by atoms with Crippen molar-refractivity contribution in [3.8, 4) is 0 Å². The molecule has 9 heteroatoms. The van der Waals surface area contributed by atoms with Crippen LogP contribution in [-0.4, -0.2) is 35.8 Å². The van der Waals surface area contributed by atoms with E-state index in [0.717, 1.165) is 0 Å². The maximum absolute atomic E-state index is 12.4. The molecule has 2 aromatic rings. The van der Waals surface area contributed by atoms with Crippen LogP contribution in [0, 0.1) is 0 Å². The molecule has 0 saturated carbocycles. The van der Waals surface area contributed by atoms with Crippen LogP contribution >= 0.6 is 27.7 Å². The zero-order valence-electron chi connectivity index (χ0n) is 14.0. The first-order chi connectivity index (χ1) is 12.5. The minimum absolute atomic E-state index is 0.0724. The third kappa shape index (κ3) is 5.63. The van der Waals surface area contributed by atoms with Crippen molar-refractivity contribution in [1.82, 2.24) is 16.2 Å². The number of benzene rings is 1. The largest absolute Gasteiger partial charge is 0.459 e. The topological polar surface area (TPSA) is 100 Å². The zero-order valence-corrected chi connectivity index (χ0v) is 16.4. The van der Waals surface area contributed by atoms with E-state index in [2.05, 4.69) is 32.1 Å². The summed E-state index contributed by atoms with van der Waals surface area (Å²) in [6.07, 6.45) is 3.68. The summed E-state index contributed by atoms with van der Waals surface area (Å²) in [4.78, 5) is 36.6. The van der Waals surface area contributed by atoms with Crippen molar-refractivity contribution >= 4 is 45.4 Å². The second-order valence-electron chi connectivity index (χ2n) is 5.21. The Morgan fingerprint density at radius 2 is 1.88 bits per heavy atom. The molecule has 0 fully saturated rings. The first-order valence-electron chi connectivity index (χ1n) is 7.71. The summed E-state index contributed by atoms with van der Waals surface area (Å²) in [5.74, 6) is -0.733. The fraction of sp³-hybridized carbons (Fsp3) is 0.235. The van der Waals surface area contributed by atoms with Crippen molar-refractivity contribution in [2.24, 2.45) is 0 Å². The minimum atomic E-state index is -0.793. The van der Waals surface area contributed by atoms with E-state index in [9.17, 15) is 14.4 Å². The molecule has 0 spiro atoms. The van der Waals surface area contributed by atoms with Crippen molar-refractivity contribution in [2.45, 2.75) is 12.5 Å². The fourth-order valence-electron chi connectivity index (χ4n) is 2.06. The first-order valence-corrected chi connectivity index (χ1v) is 9.89. The Morgan fingerprint density at radius 3 is 2.54 bits per heavy atom. The number of hydrogen-bond donors (Lipinski definition) is 3. The van der Waals surface area contributed by atoms with Crippen LogP contribution in [0.25, 0.3) is 0 Å². The maximum atomic E-state index is 12.4. The van der Waals surface area contributed by atoms with Crippen LogP contribution in [0.4, 0.5) is 0 Å². The van der Waals surface area contributed by atoms with E-state index < -0.39 is 17.9 Å². The summed E-state index contributed by atoms with van der Waals surface area (Å²) in [5, 5.41) is 2.70. The van der Waals surface area contributed by atoms with E-state index in [1.54, 1.807) is 42.1 Å². The number of carbonyl (C=O) groups excluding carboxylic acids is 3. The summed E-state index contributed by atoms with van der Waals surface area (Å²) >= 11 is 4.87. The molecule has 1 aromatic heterocycles. The number of rotatable bonds is 7. The molecule has 3 N–H and O–H groups in total. The van der Waals surface area contributed by atoms with Crippen molar-refractivity contribution in [3.05, 3.63) is 58.5 Å². The Morgan fingerprint density at radius 1 is 1.12 bits per heavy atom. The predicted molar refractivity (Wildman–Crippen MR) is 103 cm³/mol. The molecule has 0 radical (unpaired) electrons. The molecule has 26 heavy (non-hydrogen) atoms. The SMILES string of the molecule is CSCC[C@H](NC(=O)c1ccccc1Br)C(=O)NNC(=O)c1ccco1. The zero-order chi connectivity index (χ0) is 18.9. The van der Waals surface area contributed by atoms with Crippen molar-refractivity contribution in [3.63, 3.8) is 0 Å². The van der Waals surface area contributed by atoms with Crippen molar-refractivity contribution in [2.75, 3.05) is 12.0 Å². The molecule has 1 atom stereocenters. The van der Waals surface area contributed by atoms with Crippen LogP contribution in [0.15, 0.2) is 51.6 Å². The molecule has 0 unspecified atom stereocenters. The Labute approximate surface area is 163 Å². The normalized spacial score (nSPS) is 11.5. The number of thioether (sulfide) groups is 1. The lowest BCUT2D eigenvalue weighted by atomic mass is 10.1. The van der Waals surface area contributed by atoms with Gasteiger partial charge in [-0.3, -0.25) is 25.2 Å². The minimum Gasteiger partial charge on any atom is -0.459 e. The molecular formula is C17H18BrN3O4S. The molecule has 1 aromatic carbocycles. The predicted octanol–water partition coefficient (Wildman–Crippen LogP) is 2.35. The second kappa shape index (κ2) is 10.0. The van der Waals surface area contributed by atoms with Gasteiger partial charge in [-0.2, -0.15) is 11.8 Å². The Hall–Kier alpha value is -2.26. The van der Waals surface area contributed by atoms with Crippen LogP contribution in [0.1, 0.15) is 27.3 Å². The summed E-state index contributed by atoms with van der Waals surface area (Å²) < 4.78 is 5.58. The number of hydrogen-bond acceptors (Lipinski definition) is 5. The molecule has 0 bridgehead atoms. The third-order valence-electron chi connectivity index (χ3n) is 3.40. The van der Waals surface area contributed by atoms with E-state index in [0.29, 0.717) is 22.2 Å². The van der Waals surface area contributed by atoms with Gasteiger partial charge in [0, 0.05) is 4.47 Å². The van der Waals surface area contributed by atoms with E-state index in [1.807, 2.05) is 6.26 Å². The molecule has 0 aliphatic heterocycles. The Kier molecular flexibility index (Phi) is 7.73. The fourth-order valence-corrected chi connectivity index (χ4v) is 3.00. The third-order valence-corrected chi connectivity index (χ3v) is 4.73. The van der Waals surface area contributed by atoms with E-state index >= 15 is 0 Å². The number of furan rings is 1. The van der Waals surface area contributed by atoms with Crippen molar-refractivity contribution in [1.29, 1.82) is 0 Å². The Bertz CT molecular complexity index is 767. The molecular weight excluding hydrogens is 422 g/mol. The van der Waals surface area contributed by atoms with E-state index in [4.69, 9.17) is 4.42 Å². The molecule has 138 valence electrons. The molecule has 0 aliphatic carbocycles. The number of hydrazine groups is 1. The monoisotopic (exact) mass is 439 g/mol. The number of amides is 3. The van der Waals surface area contributed by atoms with E-state index in [-0.39, 0.29) is 11.7 Å². The van der Waals surface area contributed by atoms with Gasteiger partial charge in [0.25, 0.3) is 11.8 Å². The van der Waals surface area contributed by atoms with Gasteiger partial charge in [-0.25, -0.2) is 0 Å². The summed E-state index contributed by atoms with van der Waals surface area (Å²) in [7, 11) is 0. The highest BCUT2D eigenvalue weighted by molar-refractivity contribution is 9.10. The van der Waals surface area contributed by atoms with E-state index in [1.165, 1.54) is 12.3 Å². The maximum Gasteiger partial charge on any atom is 0.305 e. The smallest absolute Gasteiger partial charge is 0.305 e. The van der Waals surface area contributed by atoms with Gasteiger partial charge in [-0.15, -0.1) is 0 Å². The van der Waals surface area contributed by atoms with Gasteiger partial charge in [-0.05, 0) is 58.6 Å². The lowest BCUT2D eigenvalue weighted by Crippen LogP contribution is -2.52. The number of halogens is 1. The summed E-state index contributed by atoms with van der Waals surface area (Å²) in [6, 6.07) is 9.18. The average molecular weight is 440 g/mol. The van der Waals surface area contributed by atoms with Gasteiger partial charge in [0.1, 0.15) is 6.04 Å². The highest BCUT2D eigenvalue weighted by atomic mass is 79.9. The van der Waals surface area contributed by atoms with Crippen LogP contribution in [0.2, 0.25) is 0 Å². The lowest BCUT2D eigenvalue weighted by Gasteiger charge is -2.18. The second-order valence-corrected chi connectivity index (χ2v) is 7.05. The van der Waals surface area contributed by atoms with Gasteiger partial charge >= 0.3 is 5.91 Å². The van der Waals surface area contributed by atoms with Crippen LogP contribution < -0.4 is 16.2 Å². The van der Waals surface area contributed by atoms with Crippen LogP contribution in [-0.2, 0) is 4.79 Å². The van der Waals surface area contributed by atoms with Crippen LogP contribution in [0.5, 0.6) is 0 Å². The molecule has 0 saturated heterocycles. The quantitative estimate of drug-likeness (QED) is 0.574. The molecule has 1 heterocycles. The standard InChI is InChI=1S/C17H18BrN3O4S/c1-26-10-8-13(19-15(22)11-5-2-3-6-12(11)18)16(23)20-21-17(24)14-7-4-9-25-14/h2-7,9,13H,8,10H2,1H3,(H,19,22)(H,20,23)(H,21,24)/t13-/m0/s1. The molecule has 0 aliphatic rings. The first kappa shape index (κ1) is 20.1. The van der Waals surface area contributed by atoms with Gasteiger partial charge in [-0.1, -0.05) is 12.1 Å². The summed E-state index contributed by atoms with van der Waals surface area (Å²) in [6.45, 7) is 0. The molecule has 7 nitrogen and oxygen atoms in total.